The van der Waals surface area contributed by atoms with E-state index >= 15 is 0 Å². The number of methoxy groups -OCH3 is 1. The first-order valence-corrected chi connectivity index (χ1v) is 6.57. The van der Waals surface area contributed by atoms with Crippen LogP contribution < -0.4 is 32.0 Å². The molecule has 0 aliphatic rings. The van der Waals surface area contributed by atoms with Crippen molar-refractivity contribution in [2.45, 2.75) is 6.54 Å². The van der Waals surface area contributed by atoms with E-state index in [1.165, 1.54) is 0 Å². The molecule has 1 aromatic carbocycles. The van der Waals surface area contributed by atoms with E-state index in [9.17, 15) is 4.79 Å². The van der Waals surface area contributed by atoms with Gasteiger partial charge in [0.2, 0.25) is 12.3 Å². The number of Topliss-reactive ketones (excluding diaryl/α,β-unsaturated/α-hetero) is 1. The molecule has 0 bridgehead atoms. The number of nitrogens with zero attached hydrogens (tertiary/aromatic N) is 1. The van der Waals surface area contributed by atoms with Crippen molar-refractivity contribution in [2.75, 3.05) is 12.8 Å². The molecule has 2 rings (SSSR count). The van der Waals surface area contributed by atoms with E-state index in [-0.39, 0.29) is 29.3 Å². The van der Waals surface area contributed by atoms with Crippen molar-refractivity contribution in [3.63, 3.8) is 0 Å². The van der Waals surface area contributed by atoms with E-state index in [4.69, 9.17) is 33.7 Å². The summed E-state index contributed by atoms with van der Waals surface area (Å²) in [6, 6.07) is 6.90. The number of hydrogen-bond donors (Lipinski definition) is 1. The fourth-order valence-electron chi connectivity index (χ4n) is 1.71. The first kappa shape index (κ1) is 17.8. The van der Waals surface area contributed by atoms with Gasteiger partial charge >= 0.3 is 0 Å². The Bertz CT molecular complexity index is 625. The maximum Gasteiger partial charge on any atom is 0.227 e. The van der Waals surface area contributed by atoms with Gasteiger partial charge in [-0.2, -0.15) is 4.57 Å². The van der Waals surface area contributed by atoms with Crippen LogP contribution in [0.5, 0.6) is 5.75 Å². The monoisotopic (exact) mass is 390 g/mol. The highest BCUT2D eigenvalue weighted by molar-refractivity contribution is 6.38. The third-order valence-corrected chi connectivity index (χ3v) is 3.41. The van der Waals surface area contributed by atoms with E-state index in [0.717, 1.165) is 0 Å². The van der Waals surface area contributed by atoms with E-state index in [0.29, 0.717) is 27.0 Å². The smallest absolute Gasteiger partial charge is 0.227 e. The summed E-state index contributed by atoms with van der Waals surface area (Å²) < 4.78 is 6.65. The molecular weight excluding hydrogens is 379 g/mol. The van der Waals surface area contributed by atoms with Gasteiger partial charge in [-0.05, 0) is 24.3 Å². The summed E-state index contributed by atoms with van der Waals surface area (Å²) in [6.07, 6.45) is 3.15. The van der Waals surface area contributed by atoms with Crippen LogP contribution in [-0.4, -0.2) is 12.9 Å². The lowest BCUT2D eigenvalue weighted by molar-refractivity contribution is -0.682. The van der Waals surface area contributed by atoms with Crippen molar-refractivity contribution in [1.29, 1.82) is 0 Å². The van der Waals surface area contributed by atoms with Crippen molar-refractivity contribution in [2.24, 2.45) is 0 Å². The molecule has 0 aliphatic heterocycles. The molecule has 0 unspecified atom stereocenters. The summed E-state index contributed by atoms with van der Waals surface area (Å²) in [5.74, 6) is 0.641. The van der Waals surface area contributed by atoms with Gasteiger partial charge in [-0.1, -0.05) is 23.2 Å². The normalized spacial score (nSPS) is 9.86. The number of carbonyl (C=O) groups is 1. The van der Waals surface area contributed by atoms with E-state index < -0.39 is 0 Å². The lowest BCUT2D eigenvalue weighted by Crippen LogP contribution is -3.00. The molecule has 0 radical (unpaired) electrons. The van der Waals surface area contributed by atoms with Gasteiger partial charge in [0.1, 0.15) is 15.8 Å². The molecule has 1 aromatic heterocycles. The summed E-state index contributed by atoms with van der Waals surface area (Å²) in [4.78, 5) is 12.1. The van der Waals surface area contributed by atoms with Gasteiger partial charge in [0, 0.05) is 5.56 Å². The molecule has 0 fully saturated rings. The van der Waals surface area contributed by atoms with E-state index in [1.807, 2.05) is 0 Å². The zero-order valence-corrected chi connectivity index (χ0v) is 14.2. The Kier molecular flexibility index (Phi) is 6.45. The number of rotatable bonds is 4. The number of halogens is 3. The number of pyridine rings is 1. The molecule has 21 heavy (non-hydrogen) atoms. The molecule has 0 atom stereocenters. The Morgan fingerprint density at radius 1 is 1.19 bits per heavy atom. The Labute approximate surface area is 143 Å². The van der Waals surface area contributed by atoms with Gasteiger partial charge in [-0.3, -0.25) is 4.79 Å². The maximum absolute atomic E-state index is 12.1. The molecule has 2 aromatic rings. The fraction of sp³-hybridized carbons (Fsp3) is 0.143. The summed E-state index contributed by atoms with van der Waals surface area (Å²) >= 11 is 11.9. The van der Waals surface area contributed by atoms with Crippen LogP contribution in [0.2, 0.25) is 10.0 Å². The first-order chi connectivity index (χ1) is 9.51. The number of benzene rings is 1. The summed E-state index contributed by atoms with van der Waals surface area (Å²) in [6.45, 7) is 0.131. The number of ketones is 1. The highest BCUT2D eigenvalue weighted by atomic mass is 79.9. The van der Waals surface area contributed by atoms with Gasteiger partial charge in [0.05, 0.1) is 12.8 Å². The average Bonchev–Trinajstić information content (AvgIpc) is 2.44. The molecule has 0 saturated heterocycles. The Hall–Kier alpha value is -1.30. The number of ether oxygens (including phenoxy) is 1. The van der Waals surface area contributed by atoms with Gasteiger partial charge in [-0.15, -0.1) is 0 Å². The zero-order valence-electron chi connectivity index (χ0n) is 11.1. The minimum Gasteiger partial charge on any atom is -1.00 e. The molecule has 4 nitrogen and oxygen atoms in total. The van der Waals surface area contributed by atoms with Crippen molar-refractivity contribution in [3.05, 3.63) is 52.3 Å². The van der Waals surface area contributed by atoms with Crippen LogP contribution in [-0.2, 0) is 6.54 Å². The van der Waals surface area contributed by atoms with Gasteiger partial charge in [0.25, 0.3) is 0 Å². The molecule has 0 amide bonds. The topological polar surface area (TPSA) is 56.2 Å². The first-order valence-electron chi connectivity index (χ1n) is 5.82. The minimum atomic E-state index is -0.0606. The number of nitrogen functional groups attached to an aromatic ring is 1. The van der Waals surface area contributed by atoms with E-state index in [2.05, 4.69) is 0 Å². The van der Waals surface area contributed by atoms with Crippen LogP contribution in [0.4, 0.5) is 5.69 Å². The van der Waals surface area contributed by atoms with Crippen molar-refractivity contribution >= 4 is 34.7 Å². The number of aromatic nitrogens is 1. The molecule has 0 aliphatic carbocycles. The van der Waals surface area contributed by atoms with Crippen molar-refractivity contribution in [1.82, 2.24) is 0 Å². The third kappa shape index (κ3) is 4.33. The minimum absolute atomic E-state index is 0. The highest BCUT2D eigenvalue weighted by Gasteiger charge is 2.16. The van der Waals surface area contributed by atoms with Gasteiger partial charge in [-0.25, -0.2) is 0 Å². The van der Waals surface area contributed by atoms with Crippen molar-refractivity contribution < 1.29 is 31.1 Å². The second-order valence-corrected chi connectivity index (χ2v) is 5.01. The standard InChI is InChI=1S/C14H12Cl2N2O2.BrH/c1-20-10-4-2-9(3-5-10)13(19)8-18-6-11(15)14(17)12(16)7-18;/h2-7,17H,8H2,1H3;1H. The highest BCUT2D eigenvalue weighted by Crippen LogP contribution is 2.24. The van der Waals surface area contributed by atoms with Gasteiger partial charge < -0.3 is 27.5 Å². The van der Waals surface area contributed by atoms with Crippen LogP contribution in [0.3, 0.4) is 0 Å². The van der Waals surface area contributed by atoms with Crippen LogP contribution in [0.1, 0.15) is 10.4 Å². The lowest BCUT2D eigenvalue weighted by atomic mass is 10.1. The zero-order chi connectivity index (χ0) is 14.7. The second-order valence-electron chi connectivity index (χ2n) is 4.19. The molecule has 2 N–H and O–H groups in total. The maximum atomic E-state index is 12.1. The predicted molar refractivity (Wildman–Crippen MR) is 78.4 cm³/mol. The quantitative estimate of drug-likeness (QED) is 0.578. The molecular formula is C14H13BrCl2N2O2. The third-order valence-electron chi connectivity index (χ3n) is 2.81. The molecule has 0 saturated carbocycles. The molecule has 0 spiro atoms. The second kappa shape index (κ2) is 7.64. The summed E-state index contributed by atoms with van der Waals surface area (Å²) in [5.41, 5.74) is 6.54. The Morgan fingerprint density at radius 2 is 1.71 bits per heavy atom. The van der Waals surface area contributed by atoms with Crippen LogP contribution >= 0.6 is 23.2 Å². The number of nitrogens with two attached hydrogens (primary N) is 1. The number of carbonyl (C=O) groups excluding carboxylic acids is 1. The number of hydrogen-bond acceptors (Lipinski definition) is 3. The van der Waals surface area contributed by atoms with E-state index in [1.54, 1.807) is 48.3 Å². The molecule has 1 heterocycles. The van der Waals surface area contributed by atoms with Gasteiger partial charge in [0.15, 0.2) is 12.4 Å². The fourth-order valence-corrected chi connectivity index (χ4v) is 2.21. The van der Waals surface area contributed by atoms with Crippen LogP contribution in [0, 0.1) is 0 Å². The predicted octanol–water partition coefficient (Wildman–Crippen LogP) is -0.241. The number of anilines is 1. The Morgan fingerprint density at radius 3 is 2.19 bits per heavy atom. The van der Waals surface area contributed by atoms with Crippen molar-refractivity contribution in [3.8, 4) is 5.75 Å². The summed E-state index contributed by atoms with van der Waals surface area (Å²) in [7, 11) is 1.57. The summed E-state index contributed by atoms with van der Waals surface area (Å²) in [5, 5.41) is 0.639. The molecule has 7 heteroatoms. The lowest BCUT2D eigenvalue weighted by Gasteiger charge is -2.03. The largest absolute Gasteiger partial charge is 1.00 e. The Balaban J connectivity index is 0.00000220. The SMILES string of the molecule is COc1ccc(C(=O)C[n+]2cc(Cl)c(N)c(Cl)c2)cc1.[Br-]. The average molecular weight is 392 g/mol. The van der Waals surface area contributed by atoms with Crippen LogP contribution in [0.15, 0.2) is 36.7 Å². The molecule has 112 valence electrons. The van der Waals surface area contributed by atoms with Crippen LogP contribution in [0.25, 0.3) is 0 Å².